The summed E-state index contributed by atoms with van der Waals surface area (Å²) in [6.07, 6.45) is 17.1. The lowest BCUT2D eigenvalue weighted by Crippen LogP contribution is -2.37. The summed E-state index contributed by atoms with van der Waals surface area (Å²) in [4.78, 5) is 2.66. The molecule has 1 heterocycles. The molecular formula is C19H35N2+. The first-order valence-corrected chi connectivity index (χ1v) is 9.62. The van der Waals surface area contributed by atoms with Gasteiger partial charge in [0, 0.05) is 0 Å². The minimum Gasteiger partial charge on any atom is -0.262 e. The van der Waals surface area contributed by atoms with Gasteiger partial charge in [0.25, 0.3) is 0 Å². The summed E-state index contributed by atoms with van der Waals surface area (Å²) in [6, 6.07) is 1.52. The molecule has 21 heavy (non-hydrogen) atoms. The second-order valence-corrected chi connectivity index (χ2v) is 7.87. The second kappa shape index (κ2) is 7.15. The number of hydrogen-bond donors (Lipinski definition) is 0. The lowest BCUT2D eigenvalue weighted by atomic mass is 9.84. The van der Waals surface area contributed by atoms with Crippen LogP contribution < -0.4 is 0 Å². The van der Waals surface area contributed by atoms with Gasteiger partial charge in [-0.3, -0.25) is 9.48 Å². The largest absolute Gasteiger partial charge is 0.262 e. The molecule has 3 rings (SSSR count). The van der Waals surface area contributed by atoms with Gasteiger partial charge in [-0.25, -0.2) is 0 Å². The van der Waals surface area contributed by atoms with Crippen LogP contribution in [0.15, 0.2) is 0 Å². The molecule has 2 nitrogen and oxygen atoms in total. The lowest BCUT2D eigenvalue weighted by Gasteiger charge is -2.29. The quantitative estimate of drug-likeness (QED) is 0.701. The van der Waals surface area contributed by atoms with Crippen LogP contribution in [0.4, 0.5) is 0 Å². The Bertz CT molecular complexity index is 351. The molecule has 0 unspecified atom stereocenters. The van der Waals surface area contributed by atoms with Crippen molar-refractivity contribution in [3.05, 3.63) is 0 Å². The van der Waals surface area contributed by atoms with E-state index in [1.165, 1.54) is 77.3 Å². The highest BCUT2D eigenvalue weighted by Crippen LogP contribution is 2.30. The molecule has 0 bridgehead atoms. The van der Waals surface area contributed by atoms with E-state index in [0.29, 0.717) is 0 Å². The Hall–Kier alpha value is -0.530. The SMILES string of the molecule is C[C@@H](C1CCCCC1)N1C=[N+]([C@@H](C)C2CCCCC2)CC1. The van der Waals surface area contributed by atoms with Crippen LogP contribution in [-0.4, -0.2) is 41.0 Å². The predicted molar refractivity (Wildman–Crippen MR) is 90.0 cm³/mol. The molecule has 0 N–H and O–H groups in total. The minimum absolute atomic E-state index is 0.758. The van der Waals surface area contributed by atoms with Gasteiger partial charge in [-0.1, -0.05) is 38.5 Å². The first kappa shape index (κ1) is 15.4. The molecular weight excluding hydrogens is 256 g/mol. The van der Waals surface area contributed by atoms with Crippen LogP contribution in [0.1, 0.15) is 78.1 Å². The van der Waals surface area contributed by atoms with E-state index < -0.39 is 0 Å². The zero-order valence-electron chi connectivity index (χ0n) is 14.3. The summed E-state index contributed by atoms with van der Waals surface area (Å²) in [5.74, 6) is 1.89. The van der Waals surface area contributed by atoms with Crippen molar-refractivity contribution in [2.45, 2.75) is 90.1 Å². The lowest BCUT2D eigenvalue weighted by molar-refractivity contribution is -0.559. The third-order valence-electron chi connectivity index (χ3n) is 6.62. The zero-order valence-corrected chi connectivity index (χ0v) is 14.3. The third-order valence-corrected chi connectivity index (χ3v) is 6.62. The van der Waals surface area contributed by atoms with Gasteiger partial charge in [0.15, 0.2) is 0 Å². The van der Waals surface area contributed by atoms with Crippen LogP contribution in [-0.2, 0) is 0 Å². The average molecular weight is 292 g/mol. The minimum atomic E-state index is 0.758. The molecule has 0 aromatic heterocycles. The first-order chi connectivity index (χ1) is 10.3. The molecule has 2 saturated carbocycles. The van der Waals surface area contributed by atoms with E-state index in [1.807, 2.05) is 0 Å². The monoisotopic (exact) mass is 291 g/mol. The maximum absolute atomic E-state index is 2.66. The van der Waals surface area contributed by atoms with Gasteiger partial charge >= 0.3 is 0 Å². The number of nitrogens with zero attached hydrogens (tertiary/aromatic N) is 2. The fraction of sp³-hybridized carbons (Fsp3) is 0.947. The van der Waals surface area contributed by atoms with Gasteiger partial charge in [0.2, 0.25) is 6.34 Å². The van der Waals surface area contributed by atoms with Crippen molar-refractivity contribution in [1.29, 1.82) is 0 Å². The summed E-state index contributed by atoms with van der Waals surface area (Å²) in [7, 11) is 0. The van der Waals surface area contributed by atoms with E-state index in [1.54, 1.807) is 0 Å². The van der Waals surface area contributed by atoms with Crippen molar-refractivity contribution in [3.63, 3.8) is 0 Å². The van der Waals surface area contributed by atoms with Gasteiger partial charge in [0.05, 0.1) is 12.1 Å². The highest BCUT2D eigenvalue weighted by molar-refractivity contribution is 5.51. The summed E-state index contributed by atoms with van der Waals surface area (Å²) in [5, 5.41) is 0. The van der Waals surface area contributed by atoms with Crippen LogP contribution in [0, 0.1) is 11.8 Å². The van der Waals surface area contributed by atoms with E-state index in [0.717, 1.165) is 23.9 Å². The highest BCUT2D eigenvalue weighted by atomic mass is 15.3. The molecule has 0 radical (unpaired) electrons. The Kier molecular flexibility index (Phi) is 5.24. The molecule has 120 valence electrons. The predicted octanol–water partition coefficient (Wildman–Crippen LogP) is 4.28. The summed E-state index contributed by atoms with van der Waals surface area (Å²) in [6.45, 7) is 7.46. The molecule has 2 atom stereocenters. The van der Waals surface area contributed by atoms with Crippen LogP contribution >= 0.6 is 0 Å². The molecule has 0 spiro atoms. The molecule has 0 aromatic rings. The van der Waals surface area contributed by atoms with Crippen LogP contribution in [0.5, 0.6) is 0 Å². The van der Waals surface area contributed by atoms with Crippen molar-refractivity contribution in [1.82, 2.24) is 4.90 Å². The fourth-order valence-corrected chi connectivity index (χ4v) is 4.93. The molecule has 0 aromatic carbocycles. The van der Waals surface area contributed by atoms with Crippen LogP contribution in [0.25, 0.3) is 0 Å². The topological polar surface area (TPSA) is 6.25 Å². The van der Waals surface area contributed by atoms with E-state index in [4.69, 9.17) is 0 Å². The highest BCUT2D eigenvalue weighted by Gasteiger charge is 2.34. The summed E-state index contributed by atoms with van der Waals surface area (Å²) < 4.78 is 2.66. The molecule has 3 aliphatic rings. The molecule has 1 aliphatic heterocycles. The molecule has 0 amide bonds. The van der Waals surface area contributed by atoms with Crippen molar-refractivity contribution < 1.29 is 4.58 Å². The van der Waals surface area contributed by atoms with Crippen molar-refractivity contribution in [3.8, 4) is 0 Å². The third kappa shape index (κ3) is 3.63. The van der Waals surface area contributed by atoms with E-state index >= 15 is 0 Å². The normalized spacial score (nSPS) is 28.5. The fourth-order valence-electron chi connectivity index (χ4n) is 4.93. The Labute approximate surface area is 131 Å². The summed E-state index contributed by atoms with van der Waals surface area (Å²) in [5.41, 5.74) is 0. The van der Waals surface area contributed by atoms with Gasteiger partial charge in [-0.2, -0.15) is 0 Å². The Morgan fingerprint density at radius 3 is 2.05 bits per heavy atom. The van der Waals surface area contributed by atoms with Gasteiger partial charge in [0.1, 0.15) is 13.1 Å². The average Bonchev–Trinajstić information content (AvgIpc) is 3.05. The number of hydrogen-bond acceptors (Lipinski definition) is 1. The van der Waals surface area contributed by atoms with Crippen molar-refractivity contribution >= 4 is 6.34 Å². The van der Waals surface area contributed by atoms with Gasteiger partial charge < -0.3 is 0 Å². The Morgan fingerprint density at radius 1 is 0.857 bits per heavy atom. The smallest absolute Gasteiger partial charge is 0.234 e. The maximum atomic E-state index is 2.66. The molecule has 2 aliphatic carbocycles. The van der Waals surface area contributed by atoms with Crippen molar-refractivity contribution in [2.75, 3.05) is 13.1 Å². The van der Waals surface area contributed by atoms with E-state index in [9.17, 15) is 0 Å². The molecule has 0 saturated heterocycles. The first-order valence-electron chi connectivity index (χ1n) is 9.62. The van der Waals surface area contributed by atoms with Crippen LogP contribution in [0.3, 0.4) is 0 Å². The van der Waals surface area contributed by atoms with Crippen LogP contribution in [0.2, 0.25) is 0 Å². The molecule has 2 fully saturated rings. The standard InChI is InChI=1S/C19H35N2/c1-16(18-9-5-3-6-10-18)20-13-14-21(15-20)17(2)19-11-7-4-8-12-19/h15-19H,3-14H2,1-2H3/q+1/t16-,17-/m0/s1. The summed E-state index contributed by atoms with van der Waals surface area (Å²) >= 11 is 0. The van der Waals surface area contributed by atoms with Gasteiger partial charge in [-0.15, -0.1) is 0 Å². The van der Waals surface area contributed by atoms with Gasteiger partial charge in [-0.05, 0) is 51.4 Å². The number of rotatable bonds is 4. The van der Waals surface area contributed by atoms with E-state index in [-0.39, 0.29) is 0 Å². The Morgan fingerprint density at radius 2 is 1.43 bits per heavy atom. The van der Waals surface area contributed by atoms with Crippen molar-refractivity contribution in [2.24, 2.45) is 11.8 Å². The molecule has 2 heteroatoms. The second-order valence-electron chi connectivity index (χ2n) is 7.87. The maximum Gasteiger partial charge on any atom is 0.234 e. The van der Waals surface area contributed by atoms with E-state index in [2.05, 4.69) is 29.7 Å². The zero-order chi connectivity index (χ0) is 14.7. The Balaban J connectivity index is 1.57.